The maximum absolute atomic E-state index is 12.3. The van der Waals surface area contributed by atoms with Crippen molar-refractivity contribution in [1.82, 2.24) is 4.98 Å². The Morgan fingerprint density at radius 2 is 1.76 bits per heavy atom. The van der Waals surface area contributed by atoms with Gasteiger partial charge in [-0.25, -0.2) is 9.78 Å². The van der Waals surface area contributed by atoms with Crippen LogP contribution >= 0.6 is 0 Å². The van der Waals surface area contributed by atoms with Crippen LogP contribution in [0.2, 0.25) is 0 Å². The molecule has 128 valence electrons. The normalized spacial score (nSPS) is 9.92. The Morgan fingerprint density at radius 1 is 1.08 bits per heavy atom. The summed E-state index contributed by atoms with van der Waals surface area (Å²) in [6.45, 7) is 5.84. The van der Waals surface area contributed by atoms with E-state index in [2.05, 4.69) is 4.98 Å². The molecule has 4 heteroatoms. The van der Waals surface area contributed by atoms with E-state index in [0.717, 1.165) is 23.1 Å². The zero-order valence-corrected chi connectivity index (χ0v) is 14.9. The summed E-state index contributed by atoms with van der Waals surface area (Å²) in [7, 11) is 1.35. The molecule has 0 N–H and O–H groups in total. The molecule has 1 heterocycles. The highest BCUT2D eigenvalue weighted by Crippen LogP contribution is 2.30. The lowest BCUT2D eigenvalue weighted by Gasteiger charge is -2.13. The third kappa shape index (κ3) is 3.58. The van der Waals surface area contributed by atoms with Crippen molar-refractivity contribution in [3.8, 4) is 11.3 Å². The van der Waals surface area contributed by atoms with Gasteiger partial charge in [0.15, 0.2) is 0 Å². The van der Waals surface area contributed by atoms with Crippen molar-refractivity contribution in [1.29, 1.82) is 0 Å². The number of esters is 1. The Morgan fingerprint density at radius 3 is 2.36 bits per heavy atom. The van der Waals surface area contributed by atoms with Gasteiger partial charge in [-0.05, 0) is 30.7 Å². The molecular formula is C21H21NO3. The van der Waals surface area contributed by atoms with Crippen LogP contribution in [0.3, 0.4) is 0 Å². The summed E-state index contributed by atoms with van der Waals surface area (Å²) < 4.78 is 4.93. The number of hydrogen-bond donors (Lipinski definition) is 0. The second-order valence-electron chi connectivity index (χ2n) is 5.21. The number of rotatable bonds is 3. The fraction of sp³-hybridized carbons (Fsp3) is 0.190. The number of ether oxygens (including phenoxy) is 1. The minimum Gasteiger partial charge on any atom is -0.465 e. The van der Waals surface area contributed by atoms with Crippen molar-refractivity contribution >= 4 is 23.2 Å². The number of methoxy groups -OCH3 is 1. The summed E-state index contributed by atoms with van der Waals surface area (Å²) >= 11 is 0. The molecule has 0 aliphatic heterocycles. The van der Waals surface area contributed by atoms with E-state index in [9.17, 15) is 9.59 Å². The predicted molar refractivity (Wildman–Crippen MR) is 100.0 cm³/mol. The van der Waals surface area contributed by atoms with Crippen LogP contribution in [0.5, 0.6) is 0 Å². The van der Waals surface area contributed by atoms with Crippen molar-refractivity contribution in [2.45, 2.75) is 20.8 Å². The lowest BCUT2D eigenvalue weighted by atomic mass is 9.97. The molecule has 0 aliphatic rings. The monoisotopic (exact) mass is 335 g/mol. The number of fused-ring (bicyclic) bond motifs is 1. The second kappa shape index (κ2) is 8.20. The zero-order chi connectivity index (χ0) is 18.4. The first kappa shape index (κ1) is 18.3. The first-order chi connectivity index (χ1) is 12.2. The quantitative estimate of drug-likeness (QED) is 0.508. The lowest BCUT2D eigenvalue weighted by molar-refractivity contribution is 0.0602. The van der Waals surface area contributed by atoms with Gasteiger partial charge in [0, 0.05) is 16.5 Å². The first-order valence-corrected chi connectivity index (χ1v) is 8.19. The summed E-state index contributed by atoms with van der Waals surface area (Å²) in [4.78, 5) is 28.0. The van der Waals surface area contributed by atoms with E-state index in [-0.39, 0.29) is 0 Å². The highest BCUT2D eigenvalue weighted by molar-refractivity contribution is 6.07. The number of carbonyl (C=O) groups excluding carboxylic acids is 2. The van der Waals surface area contributed by atoms with Gasteiger partial charge in [0.25, 0.3) is 0 Å². The Kier molecular flexibility index (Phi) is 6.01. The molecule has 25 heavy (non-hydrogen) atoms. The third-order valence-electron chi connectivity index (χ3n) is 3.83. The number of carbonyl (C=O) groups is 2. The topological polar surface area (TPSA) is 56.3 Å². The molecule has 0 bridgehead atoms. The molecule has 3 aromatic rings. The van der Waals surface area contributed by atoms with Gasteiger partial charge >= 0.3 is 5.97 Å². The standard InChI is InChI=1S/C19H15NO3.C2H6/c1-12-17(19(22)23-2)15-10-13(11-21)8-9-16(15)20-18(12)14-6-4-3-5-7-14;1-2/h3-11H,1-2H3;1-2H3. The van der Waals surface area contributed by atoms with Crippen LogP contribution in [0.4, 0.5) is 0 Å². The molecule has 1 aromatic heterocycles. The number of pyridine rings is 1. The maximum atomic E-state index is 12.3. The minimum atomic E-state index is -0.435. The van der Waals surface area contributed by atoms with E-state index in [0.29, 0.717) is 22.0 Å². The molecule has 0 amide bonds. The van der Waals surface area contributed by atoms with Crippen LogP contribution in [-0.2, 0) is 4.74 Å². The number of aldehydes is 1. The van der Waals surface area contributed by atoms with E-state index in [1.807, 2.05) is 51.1 Å². The van der Waals surface area contributed by atoms with Gasteiger partial charge in [-0.3, -0.25) is 4.79 Å². The van der Waals surface area contributed by atoms with E-state index in [1.54, 1.807) is 18.2 Å². The van der Waals surface area contributed by atoms with Crippen molar-refractivity contribution < 1.29 is 14.3 Å². The lowest BCUT2D eigenvalue weighted by Crippen LogP contribution is -2.08. The van der Waals surface area contributed by atoms with Crippen molar-refractivity contribution in [2.75, 3.05) is 7.11 Å². The molecule has 0 saturated heterocycles. The van der Waals surface area contributed by atoms with Gasteiger partial charge in [0.2, 0.25) is 0 Å². The summed E-state index contributed by atoms with van der Waals surface area (Å²) in [6.07, 6.45) is 0.751. The first-order valence-electron chi connectivity index (χ1n) is 8.19. The van der Waals surface area contributed by atoms with Crippen LogP contribution < -0.4 is 0 Å². The SMILES string of the molecule is CC.COC(=O)c1c(C)c(-c2ccccc2)nc2ccc(C=O)cc12. The second-order valence-corrected chi connectivity index (χ2v) is 5.21. The van der Waals surface area contributed by atoms with Crippen LogP contribution in [0, 0.1) is 6.92 Å². The summed E-state index contributed by atoms with van der Waals surface area (Å²) in [6, 6.07) is 14.8. The average molecular weight is 335 g/mol. The predicted octanol–water partition coefficient (Wildman–Crippen LogP) is 4.84. The summed E-state index contributed by atoms with van der Waals surface area (Å²) in [5, 5.41) is 0.624. The van der Waals surface area contributed by atoms with Gasteiger partial charge in [-0.2, -0.15) is 0 Å². The van der Waals surface area contributed by atoms with E-state index in [4.69, 9.17) is 4.74 Å². The van der Waals surface area contributed by atoms with Crippen LogP contribution in [0.15, 0.2) is 48.5 Å². The molecular weight excluding hydrogens is 314 g/mol. The molecule has 3 rings (SSSR count). The fourth-order valence-corrected chi connectivity index (χ4v) is 2.69. The van der Waals surface area contributed by atoms with Gasteiger partial charge in [-0.1, -0.05) is 44.2 Å². The summed E-state index contributed by atoms with van der Waals surface area (Å²) in [5.74, 6) is -0.435. The number of nitrogens with zero attached hydrogens (tertiary/aromatic N) is 1. The van der Waals surface area contributed by atoms with Crippen LogP contribution in [0.1, 0.15) is 40.1 Å². The summed E-state index contributed by atoms with van der Waals surface area (Å²) in [5.41, 5.74) is 3.99. The molecule has 0 aliphatic carbocycles. The van der Waals surface area contributed by atoms with E-state index < -0.39 is 5.97 Å². The third-order valence-corrected chi connectivity index (χ3v) is 3.83. The Hall–Kier alpha value is -3.01. The average Bonchev–Trinajstić information content (AvgIpc) is 2.68. The molecule has 0 atom stereocenters. The van der Waals surface area contributed by atoms with Gasteiger partial charge in [0.1, 0.15) is 6.29 Å². The van der Waals surface area contributed by atoms with Crippen molar-refractivity contribution in [2.24, 2.45) is 0 Å². The van der Waals surface area contributed by atoms with Crippen molar-refractivity contribution in [3.05, 3.63) is 65.2 Å². The zero-order valence-electron chi connectivity index (χ0n) is 14.9. The van der Waals surface area contributed by atoms with Crippen LogP contribution in [0.25, 0.3) is 22.2 Å². The smallest absolute Gasteiger partial charge is 0.338 e. The fourth-order valence-electron chi connectivity index (χ4n) is 2.69. The molecule has 0 saturated carbocycles. The van der Waals surface area contributed by atoms with E-state index >= 15 is 0 Å². The largest absolute Gasteiger partial charge is 0.465 e. The Balaban J connectivity index is 0.00000109. The molecule has 0 spiro atoms. The van der Waals surface area contributed by atoms with Crippen LogP contribution in [-0.4, -0.2) is 24.3 Å². The molecule has 0 radical (unpaired) electrons. The van der Waals surface area contributed by atoms with Gasteiger partial charge < -0.3 is 4.74 Å². The van der Waals surface area contributed by atoms with Gasteiger partial charge in [0.05, 0.1) is 23.9 Å². The highest BCUT2D eigenvalue weighted by atomic mass is 16.5. The number of benzene rings is 2. The number of hydrogen-bond acceptors (Lipinski definition) is 4. The van der Waals surface area contributed by atoms with Crippen molar-refractivity contribution in [3.63, 3.8) is 0 Å². The number of aromatic nitrogens is 1. The van der Waals surface area contributed by atoms with Gasteiger partial charge in [-0.15, -0.1) is 0 Å². The molecule has 0 unspecified atom stereocenters. The van der Waals surface area contributed by atoms with E-state index in [1.165, 1.54) is 7.11 Å². The minimum absolute atomic E-state index is 0.435. The Labute approximate surface area is 147 Å². The molecule has 2 aromatic carbocycles. The highest BCUT2D eigenvalue weighted by Gasteiger charge is 2.19. The Bertz CT molecular complexity index is 902. The molecule has 0 fully saturated rings. The maximum Gasteiger partial charge on any atom is 0.338 e. The molecule has 4 nitrogen and oxygen atoms in total.